The molecular formula is C18H18N2O7. The molecule has 0 aliphatic carbocycles. The average Bonchev–Trinajstić information content (AvgIpc) is 2.66. The lowest BCUT2D eigenvalue weighted by Gasteiger charge is -2.15. The third-order valence-electron chi connectivity index (χ3n) is 3.68. The predicted molar refractivity (Wildman–Crippen MR) is 94.5 cm³/mol. The summed E-state index contributed by atoms with van der Waals surface area (Å²) in [5.41, 5.74) is 0.828. The molecule has 2 N–H and O–H groups in total. The molecule has 2 rings (SSSR count). The van der Waals surface area contributed by atoms with Crippen molar-refractivity contribution in [3.05, 3.63) is 69.8 Å². The first-order valence-corrected chi connectivity index (χ1v) is 7.92. The van der Waals surface area contributed by atoms with Gasteiger partial charge in [-0.1, -0.05) is 36.4 Å². The van der Waals surface area contributed by atoms with Gasteiger partial charge in [-0.2, -0.15) is 0 Å². The number of carboxylic acid groups (broad SMARTS) is 1. The molecule has 0 heterocycles. The van der Waals surface area contributed by atoms with Crippen LogP contribution in [0.4, 0.5) is 10.5 Å². The normalized spacial score (nSPS) is 11.3. The number of methoxy groups -OCH3 is 1. The number of hydrogen-bond acceptors (Lipinski definition) is 6. The molecule has 0 aliphatic rings. The molecule has 2 aromatic rings. The van der Waals surface area contributed by atoms with Crippen molar-refractivity contribution in [2.24, 2.45) is 0 Å². The second-order valence-electron chi connectivity index (χ2n) is 5.56. The zero-order valence-corrected chi connectivity index (χ0v) is 14.5. The number of carboxylic acids is 1. The Kier molecular flexibility index (Phi) is 6.70. The van der Waals surface area contributed by atoms with Gasteiger partial charge in [0, 0.05) is 12.5 Å². The number of carbonyl (C=O) groups is 2. The standard InChI is InChI=1S/C18H18N2O7/c1-26-16-8-7-13(10-15(16)20(24)25)9-14(17(21)22)19-18(23)27-11-12-5-3-2-4-6-12/h2-8,10,14H,9,11H2,1H3,(H,19,23)(H,21,22). The zero-order valence-electron chi connectivity index (χ0n) is 14.5. The number of nitrogens with one attached hydrogen (secondary N) is 1. The molecule has 1 atom stereocenters. The van der Waals surface area contributed by atoms with Crippen molar-refractivity contribution >= 4 is 17.7 Å². The maximum Gasteiger partial charge on any atom is 0.408 e. The van der Waals surface area contributed by atoms with Crippen molar-refractivity contribution in [1.82, 2.24) is 5.32 Å². The lowest BCUT2D eigenvalue weighted by atomic mass is 10.0. The molecule has 0 aromatic heterocycles. The smallest absolute Gasteiger partial charge is 0.408 e. The van der Waals surface area contributed by atoms with E-state index in [-0.39, 0.29) is 24.5 Å². The minimum Gasteiger partial charge on any atom is -0.490 e. The third kappa shape index (κ3) is 5.70. The van der Waals surface area contributed by atoms with Crippen molar-refractivity contribution < 1.29 is 29.1 Å². The van der Waals surface area contributed by atoms with Gasteiger partial charge in [-0.3, -0.25) is 10.1 Å². The monoisotopic (exact) mass is 374 g/mol. The molecule has 0 bridgehead atoms. The number of aliphatic carboxylic acids is 1. The Morgan fingerprint density at radius 1 is 1.19 bits per heavy atom. The Balaban J connectivity index is 2.03. The van der Waals surface area contributed by atoms with Crippen molar-refractivity contribution in [3.8, 4) is 5.75 Å². The number of rotatable bonds is 8. The summed E-state index contributed by atoms with van der Waals surface area (Å²) in [4.78, 5) is 33.7. The number of amides is 1. The molecule has 0 fully saturated rings. The van der Waals surface area contributed by atoms with Crippen molar-refractivity contribution in [2.45, 2.75) is 19.1 Å². The molecule has 2 aromatic carbocycles. The van der Waals surface area contributed by atoms with Gasteiger partial charge >= 0.3 is 17.7 Å². The van der Waals surface area contributed by atoms with Crippen LogP contribution in [0, 0.1) is 10.1 Å². The Morgan fingerprint density at radius 3 is 2.48 bits per heavy atom. The Hall–Kier alpha value is -3.62. The number of carbonyl (C=O) groups excluding carboxylic acids is 1. The van der Waals surface area contributed by atoms with E-state index in [1.807, 2.05) is 6.07 Å². The summed E-state index contributed by atoms with van der Waals surface area (Å²) in [6.45, 7) is -0.00692. The fourth-order valence-corrected chi connectivity index (χ4v) is 2.35. The molecule has 9 heteroatoms. The molecule has 142 valence electrons. The second-order valence-corrected chi connectivity index (χ2v) is 5.56. The summed E-state index contributed by atoms with van der Waals surface area (Å²) in [6, 6.07) is 11.7. The maximum absolute atomic E-state index is 11.9. The van der Waals surface area contributed by atoms with Crippen LogP contribution >= 0.6 is 0 Å². The molecule has 1 unspecified atom stereocenters. The molecule has 0 saturated carbocycles. The maximum atomic E-state index is 11.9. The topological polar surface area (TPSA) is 128 Å². The van der Waals surface area contributed by atoms with E-state index in [0.717, 1.165) is 5.56 Å². The molecule has 27 heavy (non-hydrogen) atoms. The van der Waals surface area contributed by atoms with Gasteiger partial charge in [-0.25, -0.2) is 9.59 Å². The van der Waals surface area contributed by atoms with Crippen LogP contribution in [0.5, 0.6) is 5.75 Å². The van der Waals surface area contributed by atoms with Gasteiger partial charge in [0.15, 0.2) is 5.75 Å². The SMILES string of the molecule is COc1ccc(CC(NC(=O)OCc2ccccc2)C(=O)O)cc1[N+](=O)[O-]. The highest BCUT2D eigenvalue weighted by atomic mass is 16.6. The molecule has 0 aliphatic heterocycles. The first-order chi connectivity index (χ1) is 12.9. The number of nitro groups is 1. The lowest BCUT2D eigenvalue weighted by molar-refractivity contribution is -0.385. The summed E-state index contributed by atoms with van der Waals surface area (Å²) in [6.07, 6.45) is -1.05. The molecule has 0 radical (unpaired) electrons. The summed E-state index contributed by atoms with van der Waals surface area (Å²) < 4.78 is 9.91. The van der Waals surface area contributed by atoms with E-state index in [2.05, 4.69) is 5.32 Å². The summed E-state index contributed by atoms with van der Waals surface area (Å²) in [5.74, 6) is -1.23. The Morgan fingerprint density at radius 2 is 1.89 bits per heavy atom. The second kappa shape index (κ2) is 9.18. The molecule has 0 spiro atoms. The highest BCUT2D eigenvalue weighted by molar-refractivity contribution is 5.80. The van der Waals surface area contributed by atoms with Gasteiger partial charge in [0.1, 0.15) is 12.6 Å². The number of ether oxygens (including phenoxy) is 2. The van der Waals surface area contributed by atoms with E-state index in [0.29, 0.717) is 5.56 Å². The zero-order chi connectivity index (χ0) is 19.8. The molecule has 9 nitrogen and oxygen atoms in total. The third-order valence-corrected chi connectivity index (χ3v) is 3.68. The van der Waals surface area contributed by atoms with Crippen molar-refractivity contribution in [3.63, 3.8) is 0 Å². The lowest BCUT2D eigenvalue weighted by Crippen LogP contribution is -2.42. The van der Waals surface area contributed by atoms with Gasteiger partial charge in [0.2, 0.25) is 0 Å². The van der Waals surface area contributed by atoms with Gasteiger partial charge in [-0.15, -0.1) is 0 Å². The number of benzene rings is 2. The van der Waals surface area contributed by atoms with E-state index < -0.39 is 23.0 Å². The predicted octanol–water partition coefficient (Wildman–Crippen LogP) is 2.53. The average molecular weight is 374 g/mol. The number of alkyl carbamates (subject to hydrolysis) is 1. The number of nitro benzene ring substituents is 1. The fraction of sp³-hybridized carbons (Fsp3) is 0.222. The summed E-state index contributed by atoms with van der Waals surface area (Å²) in [5, 5.41) is 22.6. The van der Waals surface area contributed by atoms with Crippen LogP contribution < -0.4 is 10.1 Å². The number of nitrogens with zero attached hydrogens (tertiary/aromatic N) is 1. The highest BCUT2D eigenvalue weighted by Crippen LogP contribution is 2.28. The van der Waals surface area contributed by atoms with E-state index in [4.69, 9.17) is 9.47 Å². The highest BCUT2D eigenvalue weighted by Gasteiger charge is 2.23. The van der Waals surface area contributed by atoms with Crippen LogP contribution in [-0.4, -0.2) is 35.2 Å². The van der Waals surface area contributed by atoms with Gasteiger partial charge in [-0.05, 0) is 17.2 Å². The van der Waals surface area contributed by atoms with E-state index in [1.54, 1.807) is 24.3 Å². The Labute approximate surface area is 154 Å². The first-order valence-electron chi connectivity index (χ1n) is 7.92. The summed E-state index contributed by atoms with van der Waals surface area (Å²) >= 11 is 0. The summed E-state index contributed by atoms with van der Waals surface area (Å²) in [7, 11) is 1.30. The van der Waals surface area contributed by atoms with Gasteiger partial charge in [0.25, 0.3) is 0 Å². The van der Waals surface area contributed by atoms with Crippen LogP contribution in [0.1, 0.15) is 11.1 Å². The minimum absolute atomic E-state index is 0.00692. The van der Waals surface area contributed by atoms with E-state index >= 15 is 0 Å². The van der Waals surface area contributed by atoms with Crippen LogP contribution in [0.3, 0.4) is 0 Å². The van der Waals surface area contributed by atoms with Gasteiger partial charge < -0.3 is 19.9 Å². The van der Waals surface area contributed by atoms with Crippen molar-refractivity contribution in [2.75, 3.05) is 7.11 Å². The fourth-order valence-electron chi connectivity index (χ4n) is 2.35. The quantitative estimate of drug-likeness (QED) is 0.537. The minimum atomic E-state index is -1.30. The van der Waals surface area contributed by atoms with Crippen molar-refractivity contribution in [1.29, 1.82) is 0 Å². The van der Waals surface area contributed by atoms with Crippen LogP contribution in [0.15, 0.2) is 48.5 Å². The van der Waals surface area contributed by atoms with Crippen LogP contribution in [0.25, 0.3) is 0 Å². The molecule has 0 saturated heterocycles. The van der Waals surface area contributed by atoms with Gasteiger partial charge in [0.05, 0.1) is 12.0 Å². The van der Waals surface area contributed by atoms with Crippen LogP contribution in [-0.2, 0) is 22.6 Å². The van der Waals surface area contributed by atoms with Crippen LogP contribution in [0.2, 0.25) is 0 Å². The first kappa shape index (κ1) is 19.7. The largest absolute Gasteiger partial charge is 0.490 e. The van der Waals surface area contributed by atoms with E-state index in [9.17, 15) is 24.8 Å². The Bertz CT molecular complexity index is 824. The molecule has 1 amide bonds. The number of hydrogen-bond donors (Lipinski definition) is 2. The molecular weight excluding hydrogens is 356 g/mol. The van der Waals surface area contributed by atoms with E-state index in [1.165, 1.54) is 25.3 Å².